The molecule has 0 atom stereocenters. The lowest BCUT2D eigenvalue weighted by Gasteiger charge is -1.96. The number of nitrogens with two attached hydrogens (primary N) is 1. The third kappa shape index (κ3) is 2.11. The Labute approximate surface area is 92.7 Å². The smallest absolute Gasteiger partial charge is 0.338 e. The number of esters is 1. The SMILES string of the molecule is NC(=O)CC=Cc1ccc2c(c1)C(=O)OC2. The van der Waals surface area contributed by atoms with Crippen LogP contribution in [0.4, 0.5) is 0 Å². The van der Waals surface area contributed by atoms with Gasteiger partial charge in [0.1, 0.15) is 6.61 Å². The molecule has 0 bridgehead atoms. The van der Waals surface area contributed by atoms with Gasteiger partial charge in [0.25, 0.3) is 0 Å². The van der Waals surface area contributed by atoms with Crippen molar-refractivity contribution in [3.05, 3.63) is 41.0 Å². The van der Waals surface area contributed by atoms with E-state index in [4.69, 9.17) is 10.5 Å². The highest BCUT2D eigenvalue weighted by atomic mass is 16.5. The van der Waals surface area contributed by atoms with E-state index in [1.807, 2.05) is 12.1 Å². The Hall–Kier alpha value is -2.10. The van der Waals surface area contributed by atoms with E-state index in [0.29, 0.717) is 12.2 Å². The van der Waals surface area contributed by atoms with Gasteiger partial charge in [0.15, 0.2) is 0 Å². The zero-order valence-electron chi connectivity index (χ0n) is 8.60. The van der Waals surface area contributed by atoms with Crippen molar-refractivity contribution in [2.45, 2.75) is 13.0 Å². The summed E-state index contributed by atoms with van der Waals surface area (Å²) in [6.07, 6.45) is 3.63. The first-order valence-electron chi connectivity index (χ1n) is 4.92. The number of ether oxygens (including phenoxy) is 1. The molecular weight excluding hydrogens is 206 g/mol. The number of hydrogen-bond acceptors (Lipinski definition) is 3. The molecule has 0 radical (unpaired) electrons. The molecule has 1 aromatic rings. The van der Waals surface area contributed by atoms with Crippen LogP contribution in [0.3, 0.4) is 0 Å². The van der Waals surface area contributed by atoms with E-state index >= 15 is 0 Å². The van der Waals surface area contributed by atoms with Crippen molar-refractivity contribution in [2.24, 2.45) is 5.73 Å². The van der Waals surface area contributed by atoms with Gasteiger partial charge in [-0.05, 0) is 11.6 Å². The number of cyclic esters (lactones) is 1. The van der Waals surface area contributed by atoms with Crippen molar-refractivity contribution in [2.75, 3.05) is 0 Å². The fourth-order valence-corrected chi connectivity index (χ4v) is 1.55. The summed E-state index contributed by atoms with van der Waals surface area (Å²) >= 11 is 0. The number of benzene rings is 1. The molecule has 82 valence electrons. The van der Waals surface area contributed by atoms with Gasteiger partial charge in [-0.3, -0.25) is 4.79 Å². The highest BCUT2D eigenvalue weighted by Gasteiger charge is 2.20. The van der Waals surface area contributed by atoms with Gasteiger partial charge in [0.2, 0.25) is 5.91 Å². The number of fused-ring (bicyclic) bond motifs is 1. The van der Waals surface area contributed by atoms with Crippen LogP contribution >= 0.6 is 0 Å². The molecule has 0 aromatic heterocycles. The molecule has 1 aliphatic rings. The van der Waals surface area contributed by atoms with Gasteiger partial charge in [0, 0.05) is 12.0 Å². The van der Waals surface area contributed by atoms with Crippen LogP contribution in [0.15, 0.2) is 24.3 Å². The molecule has 1 aliphatic heterocycles. The Bertz CT molecular complexity index is 477. The zero-order valence-corrected chi connectivity index (χ0v) is 8.60. The third-order valence-corrected chi connectivity index (χ3v) is 2.34. The van der Waals surface area contributed by atoms with Crippen LogP contribution in [-0.2, 0) is 16.1 Å². The summed E-state index contributed by atoms with van der Waals surface area (Å²) in [5, 5.41) is 0. The Morgan fingerprint density at radius 3 is 3.06 bits per heavy atom. The number of rotatable bonds is 3. The molecule has 4 nitrogen and oxygen atoms in total. The molecule has 0 saturated carbocycles. The van der Waals surface area contributed by atoms with Crippen LogP contribution in [0.5, 0.6) is 0 Å². The average Bonchev–Trinajstić information content (AvgIpc) is 2.60. The lowest BCUT2D eigenvalue weighted by Crippen LogP contribution is -2.07. The molecule has 1 amide bonds. The Morgan fingerprint density at radius 1 is 1.50 bits per heavy atom. The molecular formula is C12H11NO3. The van der Waals surface area contributed by atoms with Crippen LogP contribution in [0, 0.1) is 0 Å². The second kappa shape index (κ2) is 4.18. The van der Waals surface area contributed by atoms with E-state index in [2.05, 4.69) is 0 Å². The lowest BCUT2D eigenvalue weighted by molar-refractivity contribution is -0.117. The van der Waals surface area contributed by atoms with E-state index in [-0.39, 0.29) is 18.3 Å². The topological polar surface area (TPSA) is 69.4 Å². The van der Waals surface area contributed by atoms with Gasteiger partial charge in [0.05, 0.1) is 5.56 Å². The normalized spacial score (nSPS) is 13.9. The summed E-state index contributed by atoms with van der Waals surface area (Å²) in [5.74, 6) is -0.669. The third-order valence-electron chi connectivity index (χ3n) is 2.34. The minimum absolute atomic E-state index is 0.196. The minimum atomic E-state index is -0.378. The first-order chi connectivity index (χ1) is 7.66. The number of primary amides is 1. The van der Waals surface area contributed by atoms with Crippen LogP contribution in [0.25, 0.3) is 6.08 Å². The van der Waals surface area contributed by atoms with Crippen LogP contribution in [-0.4, -0.2) is 11.9 Å². The molecule has 1 aromatic carbocycles. The lowest BCUT2D eigenvalue weighted by atomic mass is 10.1. The van der Waals surface area contributed by atoms with Crippen molar-refractivity contribution >= 4 is 18.0 Å². The van der Waals surface area contributed by atoms with Crippen molar-refractivity contribution in [1.82, 2.24) is 0 Å². The number of carbonyl (C=O) groups is 2. The zero-order chi connectivity index (χ0) is 11.5. The maximum absolute atomic E-state index is 11.3. The fourth-order valence-electron chi connectivity index (χ4n) is 1.55. The van der Waals surface area contributed by atoms with Crippen molar-refractivity contribution in [1.29, 1.82) is 0 Å². The molecule has 0 fully saturated rings. The quantitative estimate of drug-likeness (QED) is 0.774. The first-order valence-corrected chi connectivity index (χ1v) is 4.92. The average molecular weight is 217 g/mol. The molecule has 1 heterocycles. The largest absolute Gasteiger partial charge is 0.457 e. The molecule has 0 unspecified atom stereocenters. The monoisotopic (exact) mass is 217 g/mol. The standard InChI is InChI=1S/C12H11NO3/c13-11(14)3-1-2-8-4-5-9-7-16-12(15)10(9)6-8/h1-2,4-6H,3,7H2,(H2,13,14). The van der Waals surface area contributed by atoms with E-state index in [1.54, 1.807) is 18.2 Å². The summed E-state index contributed by atoms with van der Waals surface area (Å²) in [7, 11) is 0. The Kier molecular flexibility index (Phi) is 2.72. The molecule has 0 aliphatic carbocycles. The second-order valence-corrected chi connectivity index (χ2v) is 3.57. The second-order valence-electron chi connectivity index (χ2n) is 3.57. The van der Waals surface area contributed by atoms with E-state index in [0.717, 1.165) is 11.1 Å². The molecule has 2 N–H and O–H groups in total. The van der Waals surface area contributed by atoms with Gasteiger partial charge < -0.3 is 10.5 Å². The number of amides is 1. The predicted molar refractivity (Wildman–Crippen MR) is 58.4 cm³/mol. The Morgan fingerprint density at radius 2 is 2.31 bits per heavy atom. The summed E-state index contributed by atoms with van der Waals surface area (Å²) < 4.78 is 4.88. The fraction of sp³-hybridized carbons (Fsp3) is 0.167. The van der Waals surface area contributed by atoms with E-state index in [1.165, 1.54) is 0 Å². The van der Waals surface area contributed by atoms with Crippen LogP contribution in [0.2, 0.25) is 0 Å². The van der Waals surface area contributed by atoms with Crippen LogP contribution in [0.1, 0.15) is 27.9 Å². The predicted octanol–water partition coefficient (Wildman–Crippen LogP) is 1.25. The van der Waals surface area contributed by atoms with Gasteiger partial charge >= 0.3 is 5.97 Å². The van der Waals surface area contributed by atoms with Gasteiger partial charge in [-0.1, -0.05) is 24.3 Å². The summed E-state index contributed by atoms with van der Waals surface area (Å²) in [4.78, 5) is 21.8. The van der Waals surface area contributed by atoms with Gasteiger partial charge in [-0.25, -0.2) is 4.79 Å². The van der Waals surface area contributed by atoms with E-state index in [9.17, 15) is 9.59 Å². The van der Waals surface area contributed by atoms with Crippen molar-refractivity contribution < 1.29 is 14.3 Å². The van der Waals surface area contributed by atoms with Crippen LogP contribution < -0.4 is 5.73 Å². The van der Waals surface area contributed by atoms with Gasteiger partial charge in [-0.2, -0.15) is 0 Å². The molecule has 16 heavy (non-hydrogen) atoms. The molecule has 2 rings (SSSR count). The maximum atomic E-state index is 11.3. The minimum Gasteiger partial charge on any atom is -0.457 e. The molecule has 4 heteroatoms. The summed E-state index contributed by atoms with van der Waals surface area (Å²) in [6, 6.07) is 5.48. The number of carbonyl (C=O) groups excluding carboxylic acids is 2. The molecule has 0 spiro atoms. The highest BCUT2D eigenvalue weighted by molar-refractivity contribution is 5.94. The first kappa shape index (κ1) is 10.4. The van der Waals surface area contributed by atoms with Crippen molar-refractivity contribution in [3.8, 4) is 0 Å². The van der Waals surface area contributed by atoms with Gasteiger partial charge in [-0.15, -0.1) is 0 Å². The van der Waals surface area contributed by atoms with Crippen molar-refractivity contribution in [3.63, 3.8) is 0 Å². The van der Waals surface area contributed by atoms with E-state index < -0.39 is 0 Å². The highest BCUT2D eigenvalue weighted by Crippen LogP contribution is 2.21. The molecule has 0 saturated heterocycles. The summed E-state index contributed by atoms with van der Waals surface area (Å²) in [5.41, 5.74) is 7.36. The Balaban J connectivity index is 2.18. The maximum Gasteiger partial charge on any atom is 0.338 e. The number of hydrogen-bond donors (Lipinski definition) is 1. The summed E-state index contributed by atoms with van der Waals surface area (Å²) in [6.45, 7) is 0.347.